The molecular weight excluding hydrogens is 235 g/mol. The molecule has 0 aliphatic heterocycles. The topological polar surface area (TPSA) is 46.8 Å². The van der Waals surface area contributed by atoms with Crippen LogP contribution >= 0.6 is 11.6 Å². The number of anilines is 1. The molecule has 0 saturated heterocycles. The summed E-state index contributed by atoms with van der Waals surface area (Å²) < 4.78 is 37.7. The van der Waals surface area contributed by atoms with Crippen LogP contribution in [0.4, 0.5) is 19.1 Å². The van der Waals surface area contributed by atoms with Crippen LogP contribution in [0.25, 0.3) is 0 Å². The summed E-state index contributed by atoms with van der Waals surface area (Å²) in [5.74, 6) is 0.121. The van der Waals surface area contributed by atoms with E-state index in [4.69, 9.17) is 11.6 Å². The first kappa shape index (κ1) is 12.0. The average Bonchev–Trinajstić information content (AvgIpc) is 2.48. The molecule has 0 aromatic carbocycles. The van der Waals surface area contributed by atoms with Crippen molar-refractivity contribution < 1.29 is 13.2 Å². The summed E-state index contributed by atoms with van der Waals surface area (Å²) in [7, 11) is 1.47. The minimum absolute atomic E-state index is 0.0370. The summed E-state index contributed by atoms with van der Waals surface area (Å²) in [6, 6.07) is 0. The van der Waals surface area contributed by atoms with Gasteiger partial charge < -0.3 is 4.90 Å². The van der Waals surface area contributed by atoms with Crippen molar-refractivity contribution in [2.75, 3.05) is 23.9 Å². The molecule has 1 aromatic heterocycles. The number of rotatable bonds is 4. The fourth-order valence-corrected chi connectivity index (χ4v) is 1.26. The highest BCUT2D eigenvalue weighted by Crippen LogP contribution is 2.19. The normalized spacial score (nSPS) is 11.8. The lowest BCUT2D eigenvalue weighted by Gasteiger charge is -2.22. The van der Waals surface area contributed by atoms with Crippen LogP contribution < -0.4 is 4.90 Å². The summed E-state index contributed by atoms with van der Waals surface area (Å²) in [5.41, 5.74) is 0. The molecule has 15 heavy (non-hydrogen) atoms. The molecule has 9 heteroatoms. The molecule has 0 spiro atoms. The Morgan fingerprint density at radius 3 is 2.53 bits per heavy atom. The third-order valence-electron chi connectivity index (χ3n) is 1.61. The third kappa shape index (κ3) is 3.54. The van der Waals surface area contributed by atoms with Crippen molar-refractivity contribution in [2.24, 2.45) is 7.05 Å². The van der Waals surface area contributed by atoms with Gasteiger partial charge in [0.05, 0.1) is 0 Å². The molecule has 0 radical (unpaired) electrons. The van der Waals surface area contributed by atoms with Gasteiger partial charge in [0.15, 0.2) is 0 Å². The largest absolute Gasteiger partial charge is 0.406 e. The van der Waals surface area contributed by atoms with Gasteiger partial charge in [0.25, 0.3) is 0 Å². The van der Waals surface area contributed by atoms with E-state index < -0.39 is 12.7 Å². The van der Waals surface area contributed by atoms with Gasteiger partial charge in [-0.1, -0.05) is 5.10 Å². The Morgan fingerprint density at radius 2 is 2.13 bits per heavy atom. The van der Waals surface area contributed by atoms with E-state index in [-0.39, 0.29) is 18.4 Å². The summed E-state index contributed by atoms with van der Waals surface area (Å²) in [6.45, 7) is -1.08. The first-order chi connectivity index (χ1) is 6.94. The number of aromatic nitrogens is 4. The highest BCUT2D eigenvalue weighted by atomic mass is 35.5. The number of halogens is 4. The number of alkyl halides is 4. The Balaban J connectivity index is 2.79. The molecule has 0 aliphatic carbocycles. The van der Waals surface area contributed by atoms with Crippen LogP contribution in [0.15, 0.2) is 0 Å². The van der Waals surface area contributed by atoms with Crippen LogP contribution in [-0.4, -0.2) is 45.4 Å². The van der Waals surface area contributed by atoms with E-state index in [1.165, 1.54) is 7.05 Å². The third-order valence-corrected chi connectivity index (χ3v) is 1.77. The molecule has 1 heterocycles. The van der Waals surface area contributed by atoms with E-state index in [1.807, 2.05) is 0 Å². The standard InChI is InChI=1S/C6H9ClF3N5/c1-14-5(11-12-13-14)15(3-2-7)4-6(8,9)10/h2-4H2,1H3. The van der Waals surface area contributed by atoms with Crippen LogP contribution in [-0.2, 0) is 7.05 Å². The Morgan fingerprint density at radius 1 is 1.47 bits per heavy atom. The van der Waals surface area contributed by atoms with Crippen LogP contribution in [0.3, 0.4) is 0 Å². The predicted octanol–water partition coefficient (Wildman–Crippen LogP) is 0.818. The maximum atomic E-state index is 12.2. The van der Waals surface area contributed by atoms with Gasteiger partial charge in [0.1, 0.15) is 6.54 Å². The molecule has 0 aliphatic rings. The Bertz CT molecular complexity index is 312. The zero-order valence-electron chi connectivity index (χ0n) is 7.87. The van der Waals surface area contributed by atoms with Gasteiger partial charge in [0, 0.05) is 19.5 Å². The number of hydrogen-bond donors (Lipinski definition) is 0. The Hall–Kier alpha value is -1.05. The molecule has 0 amide bonds. The first-order valence-corrected chi connectivity index (χ1v) is 4.57. The van der Waals surface area contributed by atoms with E-state index in [0.717, 1.165) is 9.58 Å². The number of tetrazole rings is 1. The lowest BCUT2D eigenvalue weighted by molar-refractivity contribution is -0.119. The van der Waals surface area contributed by atoms with Crippen molar-refractivity contribution >= 4 is 17.5 Å². The molecule has 1 rings (SSSR count). The highest BCUT2D eigenvalue weighted by Gasteiger charge is 2.32. The Labute approximate surface area is 88.8 Å². The number of hydrogen-bond acceptors (Lipinski definition) is 4. The summed E-state index contributed by atoms with van der Waals surface area (Å²) >= 11 is 5.41. The minimum atomic E-state index is -4.31. The van der Waals surface area contributed by atoms with E-state index in [0.29, 0.717) is 0 Å². The molecule has 86 valence electrons. The zero-order valence-corrected chi connectivity index (χ0v) is 8.63. The van der Waals surface area contributed by atoms with E-state index >= 15 is 0 Å². The molecule has 0 atom stereocenters. The molecule has 0 saturated carbocycles. The summed E-state index contributed by atoms with van der Waals surface area (Å²) in [6.07, 6.45) is -4.31. The van der Waals surface area contributed by atoms with Crippen molar-refractivity contribution in [3.8, 4) is 0 Å². The maximum absolute atomic E-state index is 12.2. The second-order valence-corrected chi connectivity index (χ2v) is 3.21. The van der Waals surface area contributed by atoms with E-state index in [9.17, 15) is 13.2 Å². The quantitative estimate of drug-likeness (QED) is 0.735. The fraction of sp³-hybridized carbons (Fsp3) is 0.833. The predicted molar refractivity (Wildman–Crippen MR) is 47.8 cm³/mol. The fourth-order valence-electron chi connectivity index (χ4n) is 1.06. The molecule has 0 bridgehead atoms. The second kappa shape index (κ2) is 4.65. The molecule has 1 aromatic rings. The van der Waals surface area contributed by atoms with Gasteiger partial charge in [0.2, 0.25) is 5.95 Å². The van der Waals surface area contributed by atoms with E-state index in [2.05, 4.69) is 15.5 Å². The number of aryl methyl sites for hydroxylation is 1. The zero-order chi connectivity index (χ0) is 11.5. The van der Waals surface area contributed by atoms with Crippen LogP contribution in [0.1, 0.15) is 0 Å². The monoisotopic (exact) mass is 243 g/mol. The average molecular weight is 244 g/mol. The molecule has 0 fully saturated rings. The van der Waals surface area contributed by atoms with Crippen molar-refractivity contribution in [1.82, 2.24) is 20.2 Å². The van der Waals surface area contributed by atoms with Gasteiger partial charge in [-0.25, -0.2) is 4.68 Å². The molecular formula is C6H9ClF3N5. The van der Waals surface area contributed by atoms with E-state index in [1.54, 1.807) is 0 Å². The summed E-state index contributed by atoms with van der Waals surface area (Å²) in [4.78, 5) is 0.979. The van der Waals surface area contributed by atoms with Gasteiger partial charge in [-0.3, -0.25) is 0 Å². The highest BCUT2D eigenvalue weighted by molar-refractivity contribution is 6.18. The van der Waals surface area contributed by atoms with Crippen LogP contribution in [0, 0.1) is 0 Å². The van der Waals surface area contributed by atoms with Gasteiger partial charge in [-0.2, -0.15) is 13.2 Å². The van der Waals surface area contributed by atoms with Gasteiger partial charge >= 0.3 is 6.18 Å². The van der Waals surface area contributed by atoms with Crippen LogP contribution in [0.2, 0.25) is 0 Å². The van der Waals surface area contributed by atoms with Crippen molar-refractivity contribution in [3.05, 3.63) is 0 Å². The molecule has 0 unspecified atom stereocenters. The lowest BCUT2D eigenvalue weighted by Crippen LogP contribution is -2.37. The number of nitrogens with zero attached hydrogens (tertiary/aromatic N) is 5. The SMILES string of the molecule is Cn1nnnc1N(CCCl)CC(F)(F)F. The smallest absolute Gasteiger partial charge is 0.329 e. The molecule has 5 nitrogen and oxygen atoms in total. The van der Waals surface area contributed by atoms with Crippen molar-refractivity contribution in [1.29, 1.82) is 0 Å². The van der Waals surface area contributed by atoms with Crippen LogP contribution in [0.5, 0.6) is 0 Å². The maximum Gasteiger partial charge on any atom is 0.406 e. The molecule has 0 N–H and O–H groups in total. The van der Waals surface area contributed by atoms with Crippen molar-refractivity contribution in [2.45, 2.75) is 6.18 Å². The first-order valence-electron chi connectivity index (χ1n) is 4.04. The Kier molecular flexibility index (Phi) is 3.72. The van der Waals surface area contributed by atoms with Crippen molar-refractivity contribution in [3.63, 3.8) is 0 Å². The second-order valence-electron chi connectivity index (χ2n) is 2.83. The van der Waals surface area contributed by atoms with Gasteiger partial charge in [-0.05, 0) is 10.4 Å². The minimum Gasteiger partial charge on any atom is -0.329 e. The van der Waals surface area contributed by atoms with Gasteiger partial charge in [-0.15, -0.1) is 11.6 Å². The summed E-state index contributed by atoms with van der Waals surface area (Å²) in [5, 5.41) is 10.2. The lowest BCUT2D eigenvalue weighted by atomic mass is 10.5.